The number of aromatic hydroxyl groups is 2. The van der Waals surface area contributed by atoms with Gasteiger partial charge in [0.15, 0.2) is 17.3 Å². The van der Waals surface area contributed by atoms with Gasteiger partial charge in [-0.15, -0.1) is 0 Å². The highest BCUT2D eigenvalue weighted by Gasteiger charge is 2.45. The Morgan fingerprint density at radius 1 is 0.930 bits per heavy atom. The van der Waals surface area contributed by atoms with E-state index in [0.717, 1.165) is 114 Å². The largest absolute Gasteiger partial charge is 0.508 e. The normalized spacial score (nSPS) is 29.7. The van der Waals surface area contributed by atoms with Crippen molar-refractivity contribution in [1.29, 1.82) is 0 Å². The molecule has 0 radical (unpaired) electrons. The van der Waals surface area contributed by atoms with Crippen molar-refractivity contribution < 1.29 is 49.7 Å². The van der Waals surface area contributed by atoms with Crippen LogP contribution >= 0.6 is 21.6 Å². The van der Waals surface area contributed by atoms with Gasteiger partial charge in [0.05, 0.1) is 37.6 Å². The summed E-state index contributed by atoms with van der Waals surface area (Å²) in [6.07, 6.45) is 9.43. The molecule has 4 heterocycles. The Labute approximate surface area is 425 Å². The van der Waals surface area contributed by atoms with Crippen molar-refractivity contribution in [1.82, 2.24) is 5.32 Å². The van der Waals surface area contributed by atoms with Crippen LogP contribution in [0.4, 0.5) is 5.69 Å². The van der Waals surface area contributed by atoms with Gasteiger partial charge in [0.25, 0.3) is 0 Å². The average molecular weight is 1010 g/mol. The van der Waals surface area contributed by atoms with Gasteiger partial charge in [-0.2, -0.15) is 0 Å². The number of carbonyl (C=O) groups is 2. The molecule has 71 heavy (non-hydrogen) atoms. The van der Waals surface area contributed by atoms with Gasteiger partial charge in [-0.05, 0) is 182 Å². The maximum absolute atomic E-state index is 14.8. The van der Waals surface area contributed by atoms with E-state index in [1.807, 2.05) is 30.3 Å². The van der Waals surface area contributed by atoms with Crippen LogP contribution in [0.3, 0.4) is 0 Å². The van der Waals surface area contributed by atoms with Crippen LogP contribution in [-0.4, -0.2) is 91.1 Å². The number of Topliss-reactive ketones (excluding diaryl/α,β-unsaturated/α-hetero) is 2. The molecule has 4 aliphatic heterocycles. The molecule has 8 N–H and O–H groups in total. The van der Waals surface area contributed by atoms with Gasteiger partial charge in [-0.1, -0.05) is 58.7 Å². The summed E-state index contributed by atoms with van der Waals surface area (Å²) in [7, 11) is 4.87. The summed E-state index contributed by atoms with van der Waals surface area (Å²) in [5.41, 5.74) is 7.30. The van der Waals surface area contributed by atoms with Gasteiger partial charge in [0.2, 0.25) is 0 Å². The summed E-state index contributed by atoms with van der Waals surface area (Å²) < 4.78 is 13.5. The van der Waals surface area contributed by atoms with E-state index < -0.39 is 24.0 Å². The summed E-state index contributed by atoms with van der Waals surface area (Å²) >= 11 is 0. The zero-order valence-electron chi connectivity index (χ0n) is 41.2. The number of methoxy groups -OCH3 is 1. The van der Waals surface area contributed by atoms with E-state index in [4.69, 9.17) is 9.47 Å². The fraction of sp³-hybridized carbons (Fsp3) is 0.579. The van der Waals surface area contributed by atoms with Crippen LogP contribution in [-0.2, 0) is 33.1 Å². The summed E-state index contributed by atoms with van der Waals surface area (Å²) in [4.78, 5) is 27.8. The van der Waals surface area contributed by atoms with Crippen molar-refractivity contribution in [2.75, 3.05) is 19.0 Å². The smallest absolute Gasteiger partial charge is 0.168 e. The SMILES string of the molecule is COc1c(O)ccc2c1-c1ccc3ccc(O)cc3c1CSS[C@H]1CC[C@H](C[C@@H]1O)[C@@H](O[C@@H]1N[C@@H](CCC3(O)CCCC3)CC[C@@H]3c4c1cc(CO)c1c4[C@@H](CC[C@H](C(C)=O)N1)C[C@@H]3CO)CC(=O)CC2. The van der Waals surface area contributed by atoms with Crippen LogP contribution in [0.5, 0.6) is 17.2 Å². The molecular formula is C57H72N2O10S2. The third-order valence-corrected chi connectivity index (χ3v) is 20.2. The summed E-state index contributed by atoms with van der Waals surface area (Å²) in [5.74, 6) is 0.952. The fourth-order valence-corrected chi connectivity index (χ4v) is 16.5. The molecular weight excluding hydrogens is 937 g/mol. The predicted molar refractivity (Wildman–Crippen MR) is 280 cm³/mol. The van der Waals surface area contributed by atoms with Crippen LogP contribution in [0.25, 0.3) is 21.9 Å². The maximum atomic E-state index is 14.8. The number of ketones is 2. The Bertz CT molecular complexity index is 2620. The number of rotatable bonds is 9. The fourth-order valence-electron chi connectivity index (χ4n) is 13.6. The van der Waals surface area contributed by atoms with Gasteiger partial charge < -0.3 is 45.4 Å². The lowest BCUT2D eigenvalue weighted by Gasteiger charge is -2.45. The molecule has 2 bridgehead atoms. The molecule has 0 aromatic heterocycles. The molecule has 4 aromatic carbocycles. The third-order valence-electron chi connectivity index (χ3n) is 17.4. The van der Waals surface area contributed by atoms with Gasteiger partial charge in [-0.25, -0.2) is 0 Å². The van der Waals surface area contributed by atoms with E-state index in [9.17, 15) is 40.2 Å². The van der Waals surface area contributed by atoms with Crippen molar-refractivity contribution in [3.63, 3.8) is 0 Å². The number of phenols is 2. The molecule has 7 aliphatic rings. The van der Waals surface area contributed by atoms with Crippen molar-refractivity contribution in [3.8, 4) is 28.4 Å². The molecule has 12 nitrogen and oxygen atoms in total. The zero-order valence-corrected chi connectivity index (χ0v) is 42.8. The van der Waals surface area contributed by atoms with E-state index in [2.05, 4.69) is 10.6 Å². The lowest BCUT2D eigenvalue weighted by Crippen LogP contribution is -2.44. The van der Waals surface area contributed by atoms with E-state index in [1.54, 1.807) is 46.7 Å². The Morgan fingerprint density at radius 3 is 2.51 bits per heavy atom. The number of aliphatic hydroxyl groups is 4. The lowest BCUT2D eigenvalue weighted by molar-refractivity contribution is -0.129. The molecule has 0 spiro atoms. The van der Waals surface area contributed by atoms with E-state index in [-0.39, 0.29) is 90.1 Å². The van der Waals surface area contributed by atoms with E-state index in [0.29, 0.717) is 54.7 Å². The number of anilines is 1. The summed E-state index contributed by atoms with van der Waals surface area (Å²) in [5, 5.41) is 77.2. The number of benzene rings is 4. The van der Waals surface area contributed by atoms with Gasteiger partial charge in [0.1, 0.15) is 17.8 Å². The first-order valence-electron chi connectivity index (χ1n) is 26.3. The van der Waals surface area contributed by atoms with Gasteiger partial charge in [0, 0.05) is 53.3 Å². The molecule has 4 aromatic rings. The second kappa shape index (κ2) is 21.5. The number of aliphatic hydroxyl groups excluding tert-OH is 3. The Morgan fingerprint density at radius 2 is 1.75 bits per heavy atom. The average Bonchev–Trinajstić information content (AvgIpc) is 3.70. The minimum atomic E-state index is -0.710. The highest BCUT2D eigenvalue weighted by Crippen LogP contribution is 2.55. The Hall–Kier alpha value is -3.86. The minimum Gasteiger partial charge on any atom is -0.508 e. The topological polar surface area (TPSA) is 198 Å². The summed E-state index contributed by atoms with van der Waals surface area (Å²) in [6.45, 7) is 1.39. The van der Waals surface area contributed by atoms with E-state index in [1.165, 1.54) is 7.11 Å². The second-order valence-corrected chi connectivity index (χ2v) is 24.4. The van der Waals surface area contributed by atoms with Gasteiger partial charge >= 0.3 is 0 Å². The van der Waals surface area contributed by atoms with Crippen molar-refractivity contribution in [2.24, 2.45) is 11.8 Å². The molecule has 2 saturated carbocycles. The highest BCUT2D eigenvalue weighted by molar-refractivity contribution is 8.76. The molecule has 382 valence electrons. The molecule has 0 amide bonds. The summed E-state index contributed by atoms with van der Waals surface area (Å²) in [6, 6.07) is 14.5. The first-order chi connectivity index (χ1) is 34.3. The number of nitrogens with one attached hydrogen (secondary N) is 2. The van der Waals surface area contributed by atoms with Crippen LogP contribution in [0.2, 0.25) is 0 Å². The Kier molecular flexibility index (Phi) is 15.4. The van der Waals surface area contributed by atoms with E-state index >= 15 is 0 Å². The number of fused-ring (bicyclic) bond motifs is 9. The third kappa shape index (κ3) is 10.4. The molecule has 11 rings (SSSR count). The monoisotopic (exact) mass is 1010 g/mol. The molecule has 3 aliphatic carbocycles. The predicted octanol–water partition coefficient (Wildman–Crippen LogP) is 10.00. The Balaban J connectivity index is 1.05. The quantitative estimate of drug-likeness (QED) is 0.0737. The number of hydrogen-bond acceptors (Lipinski definition) is 14. The second-order valence-electron chi connectivity index (χ2n) is 21.7. The highest BCUT2D eigenvalue weighted by atomic mass is 33.1. The van der Waals surface area contributed by atoms with Crippen LogP contribution in [0.1, 0.15) is 161 Å². The van der Waals surface area contributed by atoms with Crippen LogP contribution < -0.4 is 15.4 Å². The molecule has 0 unspecified atom stereocenters. The number of ether oxygens (including phenoxy) is 2. The first kappa shape index (κ1) is 50.7. The van der Waals surface area contributed by atoms with Crippen molar-refractivity contribution in [2.45, 2.75) is 182 Å². The number of carbonyl (C=O) groups excluding carboxylic acids is 2. The standard InChI is InChI=1S/C57H72N2O10S2/c1-31(62)46-16-8-35-23-36(28-60)41-15-11-38(19-22-57(67)20-3-4-21-57)58-56(44-24-37(29-61)54(59-46)52(35)53(41)44)69-49-27-40(64)13-6-33-9-17-47(65)55(68-2)51(33)42-14-7-32-5-12-39(63)26-43(32)45(42)30-70-71-50-18-10-34(49)25-48(50)66/h5,7,9,12,14,17,24,26,34-36,38,41,46,48-50,56,58-61,63,65-67H,3-4,6,8,10-11,13,15-16,18-23,25,27-30H2,1-2H3/t34-,35+,36-,38-,41+,46-,48+,49+,50+,56+/m1/s1. The van der Waals surface area contributed by atoms with Gasteiger partial charge in [-0.3, -0.25) is 14.9 Å². The number of aryl methyl sites for hydroxylation is 1. The molecule has 14 heteroatoms. The van der Waals surface area contributed by atoms with Crippen molar-refractivity contribution in [3.05, 3.63) is 81.9 Å². The van der Waals surface area contributed by atoms with Crippen molar-refractivity contribution >= 4 is 49.6 Å². The molecule has 10 atom stereocenters. The molecule has 2 fully saturated rings. The van der Waals surface area contributed by atoms with Crippen LogP contribution in [0.15, 0.2) is 48.5 Å². The number of phenolic OH excluding ortho intramolecular Hbond substituents is 2. The minimum absolute atomic E-state index is 0.00760. The van der Waals surface area contributed by atoms with Crippen LogP contribution in [0, 0.1) is 11.8 Å². The zero-order chi connectivity index (χ0) is 49.6. The molecule has 0 saturated heterocycles. The number of hydrogen-bond donors (Lipinski definition) is 8. The lowest BCUT2D eigenvalue weighted by atomic mass is 9.65. The maximum Gasteiger partial charge on any atom is 0.168 e. The first-order valence-corrected chi connectivity index (χ1v) is 28.7.